The van der Waals surface area contributed by atoms with Gasteiger partial charge in [0.15, 0.2) is 0 Å². The standard InChI is InChI=1S/C15H26O/c1-6-12(3)14(13-7-8-13)15(4,5)9-11(2)10-16/h11,16H,3,6-10H2,1-2,4-5H3. The molecule has 16 heavy (non-hydrogen) atoms. The van der Waals surface area contributed by atoms with E-state index in [2.05, 4.69) is 34.3 Å². The fraction of sp³-hybridized carbons (Fsp3) is 0.733. The van der Waals surface area contributed by atoms with Gasteiger partial charge in [0.2, 0.25) is 0 Å². The second-order valence-corrected chi connectivity index (χ2v) is 5.81. The van der Waals surface area contributed by atoms with E-state index in [4.69, 9.17) is 0 Å². The van der Waals surface area contributed by atoms with Crippen molar-refractivity contribution in [3.05, 3.63) is 23.3 Å². The molecule has 1 saturated carbocycles. The molecule has 0 heterocycles. The predicted octanol–water partition coefficient (Wildman–Crippen LogP) is 4.09. The van der Waals surface area contributed by atoms with Crippen molar-refractivity contribution >= 4 is 0 Å². The Morgan fingerprint density at radius 3 is 2.38 bits per heavy atom. The van der Waals surface area contributed by atoms with Crippen LogP contribution in [-0.4, -0.2) is 11.7 Å². The summed E-state index contributed by atoms with van der Waals surface area (Å²) in [6.07, 6.45) is 4.59. The third kappa shape index (κ3) is 3.21. The summed E-state index contributed by atoms with van der Waals surface area (Å²) in [5, 5.41) is 9.19. The van der Waals surface area contributed by atoms with Crippen molar-refractivity contribution < 1.29 is 5.11 Å². The molecule has 0 amide bonds. The smallest absolute Gasteiger partial charge is 0.0456 e. The van der Waals surface area contributed by atoms with E-state index in [0.717, 1.165) is 12.8 Å². The highest BCUT2D eigenvalue weighted by atomic mass is 16.3. The van der Waals surface area contributed by atoms with Crippen molar-refractivity contribution in [3.8, 4) is 0 Å². The molecular formula is C15H26O. The number of hydrogen-bond donors (Lipinski definition) is 1. The fourth-order valence-electron chi connectivity index (χ4n) is 2.73. The number of hydrogen-bond acceptors (Lipinski definition) is 1. The van der Waals surface area contributed by atoms with Crippen molar-refractivity contribution in [1.29, 1.82) is 0 Å². The maximum absolute atomic E-state index is 9.19. The molecule has 1 rings (SSSR count). The van der Waals surface area contributed by atoms with E-state index in [-0.39, 0.29) is 12.0 Å². The van der Waals surface area contributed by atoms with E-state index in [1.54, 1.807) is 5.57 Å². The average molecular weight is 222 g/mol. The molecule has 1 fully saturated rings. The van der Waals surface area contributed by atoms with Gasteiger partial charge in [0, 0.05) is 6.61 Å². The highest BCUT2D eigenvalue weighted by Gasteiger charge is 2.32. The number of aliphatic hydroxyl groups excluding tert-OH is 1. The Labute approximate surface area is 100 Å². The van der Waals surface area contributed by atoms with Gasteiger partial charge in [-0.3, -0.25) is 0 Å². The molecule has 92 valence electrons. The van der Waals surface area contributed by atoms with Gasteiger partial charge in [-0.25, -0.2) is 0 Å². The highest BCUT2D eigenvalue weighted by molar-refractivity contribution is 5.42. The second kappa shape index (κ2) is 5.18. The molecule has 1 aliphatic carbocycles. The summed E-state index contributed by atoms with van der Waals surface area (Å²) in [5.74, 6) is 0.369. The average Bonchev–Trinajstić information content (AvgIpc) is 3.00. The van der Waals surface area contributed by atoms with Crippen molar-refractivity contribution in [2.24, 2.45) is 11.3 Å². The Kier molecular flexibility index (Phi) is 4.37. The minimum Gasteiger partial charge on any atom is -0.396 e. The summed E-state index contributed by atoms with van der Waals surface area (Å²) in [7, 11) is 0. The van der Waals surface area contributed by atoms with Crippen LogP contribution < -0.4 is 0 Å². The Bertz CT molecular complexity index is 291. The van der Waals surface area contributed by atoms with E-state index in [9.17, 15) is 5.11 Å². The Morgan fingerprint density at radius 2 is 2.00 bits per heavy atom. The van der Waals surface area contributed by atoms with Gasteiger partial charge in [-0.1, -0.05) is 45.4 Å². The molecule has 1 unspecified atom stereocenters. The Balaban J connectivity index is 2.86. The zero-order valence-electron chi connectivity index (χ0n) is 11.3. The van der Waals surface area contributed by atoms with Gasteiger partial charge >= 0.3 is 0 Å². The minimum atomic E-state index is 0.168. The first-order chi connectivity index (χ1) is 7.42. The summed E-state index contributed by atoms with van der Waals surface area (Å²) >= 11 is 0. The van der Waals surface area contributed by atoms with Crippen LogP contribution >= 0.6 is 0 Å². The Morgan fingerprint density at radius 1 is 1.44 bits per heavy atom. The summed E-state index contributed by atoms with van der Waals surface area (Å²) in [6.45, 7) is 13.4. The molecule has 0 radical (unpaired) electrons. The van der Waals surface area contributed by atoms with E-state index in [1.807, 2.05) is 0 Å². The van der Waals surface area contributed by atoms with Crippen LogP contribution in [-0.2, 0) is 0 Å². The third-order valence-electron chi connectivity index (χ3n) is 3.48. The van der Waals surface area contributed by atoms with Gasteiger partial charge in [0.05, 0.1) is 0 Å². The Hall–Kier alpha value is -0.560. The van der Waals surface area contributed by atoms with Crippen LogP contribution in [0, 0.1) is 11.3 Å². The molecule has 1 atom stereocenters. The van der Waals surface area contributed by atoms with Crippen LogP contribution in [0.1, 0.15) is 53.4 Å². The normalized spacial score (nSPS) is 17.2. The van der Waals surface area contributed by atoms with E-state index >= 15 is 0 Å². The lowest BCUT2D eigenvalue weighted by atomic mass is 9.73. The van der Waals surface area contributed by atoms with Gasteiger partial charge < -0.3 is 5.11 Å². The first-order valence-corrected chi connectivity index (χ1v) is 6.43. The SMILES string of the molecule is C=C(CC)C(=C1CC1)C(C)(C)CC(C)CO. The molecule has 0 aliphatic heterocycles. The van der Waals surface area contributed by atoms with Crippen LogP contribution in [0.3, 0.4) is 0 Å². The zero-order valence-corrected chi connectivity index (χ0v) is 11.3. The van der Waals surface area contributed by atoms with E-state index in [0.29, 0.717) is 5.92 Å². The molecule has 0 aromatic rings. The van der Waals surface area contributed by atoms with Gasteiger partial charge in [0.25, 0.3) is 0 Å². The van der Waals surface area contributed by atoms with Crippen LogP contribution in [0.4, 0.5) is 0 Å². The summed E-state index contributed by atoms with van der Waals surface area (Å²) in [6, 6.07) is 0. The predicted molar refractivity (Wildman–Crippen MR) is 70.3 cm³/mol. The van der Waals surface area contributed by atoms with Crippen molar-refractivity contribution in [1.82, 2.24) is 0 Å². The highest BCUT2D eigenvalue weighted by Crippen LogP contribution is 2.46. The van der Waals surface area contributed by atoms with Crippen molar-refractivity contribution in [3.63, 3.8) is 0 Å². The zero-order chi connectivity index (χ0) is 12.3. The van der Waals surface area contributed by atoms with Crippen molar-refractivity contribution in [2.75, 3.05) is 6.61 Å². The molecule has 1 nitrogen and oxygen atoms in total. The second-order valence-electron chi connectivity index (χ2n) is 5.81. The van der Waals surface area contributed by atoms with Gasteiger partial charge in [-0.15, -0.1) is 0 Å². The topological polar surface area (TPSA) is 20.2 Å². The lowest BCUT2D eigenvalue weighted by Crippen LogP contribution is -2.21. The third-order valence-corrected chi connectivity index (χ3v) is 3.48. The molecule has 0 aromatic heterocycles. The van der Waals surface area contributed by atoms with Crippen LogP contribution in [0.5, 0.6) is 0 Å². The quantitative estimate of drug-likeness (QED) is 0.717. The van der Waals surface area contributed by atoms with E-state index in [1.165, 1.54) is 24.0 Å². The van der Waals surface area contributed by atoms with Gasteiger partial charge in [-0.2, -0.15) is 0 Å². The molecule has 1 aliphatic rings. The monoisotopic (exact) mass is 222 g/mol. The molecule has 1 heteroatoms. The molecule has 0 spiro atoms. The summed E-state index contributed by atoms with van der Waals surface area (Å²) < 4.78 is 0. The number of rotatable bonds is 6. The van der Waals surface area contributed by atoms with E-state index < -0.39 is 0 Å². The maximum Gasteiger partial charge on any atom is 0.0456 e. The number of allylic oxidation sites excluding steroid dienone is 3. The largest absolute Gasteiger partial charge is 0.396 e. The van der Waals surface area contributed by atoms with Crippen LogP contribution in [0.25, 0.3) is 0 Å². The van der Waals surface area contributed by atoms with Crippen LogP contribution in [0.2, 0.25) is 0 Å². The first kappa shape index (κ1) is 13.5. The summed E-state index contributed by atoms with van der Waals surface area (Å²) in [5.41, 5.74) is 4.56. The first-order valence-electron chi connectivity index (χ1n) is 6.43. The number of aliphatic hydroxyl groups is 1. The molecular weight excluding hydrogens is 196 g/mol. The summed E-state index contributed by atoms with van der Waals surface area (Å²) in [4.78, 5) is 0. The fourth-order valence-corrected chi connectivity index (χ4v) is 2.73. The lowest BCUT2D eigenvalue weighted by Gasteiger charge is -2.32. The minimum absolute atomic E-state index is 0.168. The van der Waals surface area contributed by atoms with Crippen molar-refractivity contribution in [2.45, 2.75) is 53.4 Å². The van der Waals surface area contributed by atoms with Gasteiger partial charge in [0.1, 0.15) is 0 Å². The maximum atomic E-state index is 9.19. The molecule has 0 bridgehead atoms. The van der Waals surface area contributed by atoms with Gasteiger partial charge in [-0.05, 0) is 42.6 Å². The molecule has 0 saturated heterocycles. The molecule has 0 aromatic carbocycles. The molecule has 1 N–H and O–H groups in total. The van der Waals surface area contributed by atoms with Crippen LogP contribution in [0.15, 0.2) is 23.3 Å². The lowest BCUT2D eigenvalue weighted by molar-refractivity contribution is 0.197.